The van der Waals surface area contributed by atoms with Gasteiger partial charge in [-0.05, 0) is 55.2 Å². The average Bonchev–Trinajstić information content (AvgIpc) is 2.70. The third kappa shape index (κ3) is 2.78. The minimum Gasteiger partial charge on any atom is -0.487 e. The number of benzene rings is 2. The van der Waals surface area contributed by atoms with Crippen LogP contribution >= 0.6 is 11.6 Å². The summed E-state index contributed by atoms with van der Waals surface area (Å²) in [6.07, 6.45) is 0.907. The van der Waals surface area contributed by atoms with Gasteiger partial charge in [-0.15, -0.1) is 0 Å². The Morgan fingerprint density at radius 2 is 1.95 bits per heavy atom. The summed E-state index contributed by atoms with van der Waals surface area (Å²) in [5.41, 5.74) is 10.7. The van der Waals surface area contributed by atoms with Crippen LogP contribution < -0.4 is 10.5 Å². The quantitative estimate of drug-likeness (QED) is 0.891. The summed E-state index contributed by atoms with van der Waals surface area (Å²) in [5, 5.41) is 0.722. The molecule has 3 heteroatoms. The van der Waals surface area contributed by atoms with Crippen molar-refractivity contribution in [2.45, 2.75) is 38.8 Å². The van der Waals surface area contributed by atoms with E-state index in [1.165, 1.54) is 5.56 Å². The van der Waals surface area contributed by atoms with Crippen molar-refractivity contribution in [3.8, 4) is 5.75 Å². The van der Waals surface area contributed by atoms with E-state index in [-0.39, 0.29) is 11.6 Å². The first-order chi connectivity index (χ1) is 9.85. The van der Waals surface area contributed by atoms with Crippen molar-refractivity contribution in [3.05, 3.63) is 63.7 Å². The predicted octanol–water partition coefficient (Wildman–Crippen LogP) is 4.41. The molecule has 2 N–H and O–H groups in total. The second-order valence-corrected chi connectivity index (χ2v) is 6.82. The van der Waals surface area contributed by atoms with Crippen molar-refractivity contribution >= 4 is 11.6 Å². The molecule has 1 unspecified atom stereocenters. The number of ether oxygens (including phenoxy) is 1. The summed E-state index contributed by atoms with van der Waals surface area (Å²) in [5.74, 6) is 0.964. The Morgan fingerprint density at radius 1 is 1.19 bits per heavy atom. The van der Waals surface area contributed by atoms with Crippen LogP contribution in [0.2, 0.25) is 5.02 Å². The summed E-state index contributed by atoms with van der Waals surface area (Å²) in [7, 11) is 0. The molecule has 1 heterocycles. The van der Waals surface area contributed by atoms with Gasteiger partial charge in [0.25, 0.3) is 0 Å². The maximum atomic E-state index is 6.40. The van der Waals surface area contributed by atoms with E-state index in [9.17, 15) is 0 Å². The van der Waals surface area contributed by atoms with Crippen molar-refractivity contribution in [2.75, 3.05) is 0 Å². The van der Waals surface area contributed by atoms with Crippen LogP contribution in [0.3, 0.4) is 0 Å². The van der Waals surface area contributed by atoms with Crippen LogP contribution in [0.1, 0.15) is 42.1 Å². The van der Waals surface area contributed by atoms with Crippen molar-refractivity contribution in [3.63, 3.8) is 0 Å². The molecule has 110 valence electrons. The zero-order valence-electron chi connectivity index (χ0n) is 12.6. The van der Waals surface area contributed by atoms with Gasteiger partial charge >= 0.3 is 0 Å². The Bertz CT molecular complexity index is 694. The third-order valence-electron chi connectivity index (χ3n) is 3.94. The number of aryl methyl sites for hydroxylation is 1. The third-order valence-corrected chi connectivity index (χ3v) is 4.26. The molecule has 21 heavy (non-hydrogen) atoms. The highest BCUT2D eigenvalue weighted by atomic mass is 35.5. The molecular formula is C18H20ClNO. The van der Waals surface area contributed by atoms with Gasteiger partial charge < -0.3 is 10.5 Å². The lowest BCUT2D eigenvalue weighted by molar-refractivity contribution is 0.138. The summed E-state index contributed by atoms with van der Waals surface area (Å²) >= 11 is 6.33. The Balaban J connectivity index is 1.95. The van der Waals surface area contributed by atoms with Crippen molar-refractivity contribution in [2.24, 2.45) is 5.73 Å². The van der Waals surface area contributed by atoms with Crippen molar-refractivity contribution < 1.29 is 4.74 Å². The zero-order valence-corrected chi connectivity index (χ0v) is 13.4. The van der Waals surface area contributed by atoms with Crippen LogP contribution in [0.25, 0.3) is 0 Å². The molecule has 1 aliphatic rings. The Morgan fingerprint density at radius 3 is 2.67 bits per heavy atom. The van der Waals surface area contributed by atoms with Crippen LogP contribution in [-0.4, -0.2) is 5.60 Å². The van der Waals surface area contributed by atoms with Gasteiger partial charge in [0.2, 0.25) is 0 Å². The highest BCUT2D eigenvalue weighted by Gasteiger charge is 2.30. The van der Waals surface area contributed by atoms with Crippen molar-refractivity contribution in [1.29, 1.82) is 0 Å². The highest BCUT2D eigenvalue weighted by Crippen LogP contribution is 2.37. The molecule has 0 aromatic heterocycles. The summed E-state index contributed by atoms with van der Waals surface area (Å²) in [6, 6.07) is 12.0. The molecule has 0 bridgehead atoms. The zero-order chi connectivity index (χ0) is 15.2. The van der Waals surface area contributed by atoms with E-state index in [2.05, 4.69) is 19.9 Å². The number of hydrogen-bond donors (Lipinski definition) is 1. The van der Waals surface area contributed by atoms with Gasteiger partial charge in [0.05, 0.1) is 6.04 Å². The van der Waals surface area contributed by atoms with E-state index >= 15 is 0 Å². The predicted molar refractivity (Wildman–Crippen MR) is 87.1 cm³/mol. The van der Waals surface area contributed by atoms with E-state index in [1.807, 2.05) is 37.3 Å². The Labute approximate surface area is 130 Å². The number of halogens is 1. The van der Waals surface area contributed by atoms with Gasteiger partial charge in [-0.1, -0.05) is 35.9 Å². The van der Waals surface area contributed by atoms with E-state index in [4.69, 9.17) is 22.1 Å². The van der Waals surface area contributed by atoms with Crippen LogP contribution in [0.4, 0.5) is 0 Å². The molecule has 0 radical (unpaired) electrons. The molecule has 0 aliphatic carbocycles. The molecule has 0 spiro atoms. The second-order valence-electron chi connectivity index (χ2n) is 6.41. The SMILES string of the molecule is Cc1ccc(C(N)c2ccc3c(c2)CC(C)(C)O3)c(Cl)c1. The number of fused-ring (bicyclic) bond motifs is 1. The number of hydrogen-bond acceptors (Lipinski definition) is 2. The smallest absolute Gasteiger partial charge is 0.123 e. The summed E-state index contributed by atoms with van der Waals surface area (Å²) < 4.78 is 5.91. The molecule has 0 saturated heterocycles. The number of nitrogens with two attached hydrogens (primary N) is 1. The molecule has 0 saturated carbocycles. The molecule has 1 aliphatic heterocycles. The second kappa shape index (κ2) is 5.04. The van der Waals surface area contributed by atoms with Crippen molar-refractivity contribution in [1.82, 2.24) is 0 Å². The number of rotatable bonds is 2. The standard InChI is InChI=1S/C18H20ClNO/c1-11-4-6-14(15(19)8-11)17(20)12-5-7-16-13(9-12)10-18(2,3)21-16/h4-9,17H,10,20H2,1-3H3. The Hall–Kier alpha value is -1.51. The minimum atomic E-state index is -0.216. The molecule has 2 aromatic rings. The van der Waals surface area contributed by atoms with E-state index in [0.29, 0.717) is 0 Å². The maximum Gasteiger partial charge on any atom is 0.123 e. The van der Waals surface area contributed by atoms with Crippen LogP contribution in [0, 0.1) is 6.92 Å². The average molecular weight is 302 g/mol. The molecule has 0 fully saturated rings. The van der Waals surface area contributed by atoms with Gasteiger partial charge in [0.1, 0.15) is 11.4 Å². The van der Waals surface area contributed by atoms with Gasteiger partial charge in [-0.25, -0.2) is 0 Å². The lowest BCUT2D eigenvalue weighted by Gasteiger charge is -2.16. The minimum absolute atomic E-state index is 0.132. The largest absolute Gasteiger partial charge is 0.487 e. The molecule has 2 nitrogen and oxygen atoms in total. The summed E-state index contributed by atoms with van der Waals surface area (Å²) in [6.45, 7) is 6.23. The molecule has 0 amide bonds. The van der Waals surface area contributed by atoms with E-state index in [0.717, 1.165) is 33.9 Å². The Kier molecular flexibility index (Phi) is 3.46. The summed E-state index contributed by atoms with van der Waals surface area (Å²) in [4.78, 5) is 0. The topological polar surface area (TPSA) is 35.2 Å². The fourth-order valence-corrected chi connectivity index (χ4v) is 3.24. The highest BCUT2D eigenvalue weighted by molar-refractivity contribution is 6.31. The van der Waals surface area contributed by atoms with Gasteiger partial charge in [0, 0.05) is 11.4 Å². The fraction of sp³-hybridized carbons (Fsp3) is 0.333. The van der Waals surface area contributed by atoms with Gasteiger partial charge in [-0.2, -0.15) is 0 Å². The first-order valence-corrected chi connectivity index (χ1v) is 7.57. The van der Waals surface area contributed by atoms with E-state index < -0.39 is 0 Å². The lowest BCUT2D eigenvalue weighted by atomic mass is 9.94. The lowest BCUT2D eigenvalue weighted by Crippen LogP contribution is -2.24. The monoisotopic (exact) mass is 301 g/mol. The van der Waals surface area contributed by atoms with Crippen LogP contribution in [0.5, 0.6) is 5.75 Å². The normalized spacial score (nSPS) is 17.2. The van der Waals surface area contributed by atoms with Gasteiger partial charge in [-0.3, -0.25) is 0 Å². The van der Waals surface area contributed by atoms with Gasteiger partial charge in [0.15, 0.2) is 0 Å². The fourth-order valence-electron chi connectivity index (χ4n) is 2.89. The van der Waals surface area contributed by atoms with Crippen LogP contribution in [0.15, 0.2) is 36.4 Å². The maximum absolute atomic E-state index is 6.40. The molecular weight excluding hydrogens is 282 g/mol. The molecule has 3 rings (SSSR count). The first-order valence-electron chi connectivity index (χ1n) is 7.19. The molecule has 1 atom stereocenters. The first kappa shape index (κ1) is 14.4. The van der Waals surface area contributed by atoms with E-state index in [1.54, 1.807) is 0 Å². The van der Waals surface area contributed by atoms with Crippen LogP contribution in [-0.2, 0) is 6.42 Å². The molecule has 2 aromatic carbocycles.